The smallest absolute Gasteiger partial charge is 0.319 e. The zero-order valence-corrected chi connectivity index (χ0v) is 12.4. The molecule has 0 aliphatic carbocycles. The zero-order chi connectivity index (χ0) is 15.8. The van der Waals surface area contributed by atoms with Crippen molar-refractivity contribution in [2.45, 2.75) is 12.5 Å². The molecule has 3 amide bonds. The molecule has 0 spiro atoms. The van der Waals surface area contributed by atoms with Gasteiger partial charge in [-0.3, -0.25) is 9.69 Å². The molecule has 0 aromatic heterocycles. The van der Waals surface area contributed by atoms with E-state index in [4.69, 9.17) is 0 Å². The lowest BCUT2D eigenvalue weighted by Gasteiger charge is -2.22. The number of nitrogens with one attached hydrogen (secondary N) is 1. The van der Waals surface area contributed by atoms with Crippen molar-refractivity contribution in [1.29, 1.82) is 0 Å². The highest BCUT2D eigenvalue weighted by atomic mass is 32.2. The average Bonchev–Trinajstić information content (AvgIpc) is 2.58. The number of hydrogen-bond donors (Lipinski definition) is 1. The molecule has 1 aromatic rings. The van der Waals surface area contributed by atoms with E-state index in [-0.39, 0.29) is 17.9 Å². The topological polar surface area (TPSA) is 83.6 Å². The molecule has 2 rings (SSSR count). The van der Waals surface area contributed by atoms with Crippen molar-refractivity contribution in [2.24, 2.45) is 0 Å². The summed E-state index contributed by atoms with van der Waals surface area (Å²) in [6, 6.07) is 4.91. The van der Waals surface area contributed by atoms with E-state index in [0.717, 1.165) is 11.2 Å². The molecular weight excluding hydrogens is 299 g/mol. The highest BCUT2D eigenvalue weighted by Gasteiger charge is 2.50. The number of hydrogen-bond acceptors (Lipinski definition) is 4. The number of sulfone groups is 1. The van der Waals surface area contributed by atoms with Crippen molar-refractivity contribution in [1.82, 2.24) is 10.2 Å². The van der Waals surface area contributed by atoms with Crippen LogP contribution in [0.1, 0.15) is 12.5 Å². The number of amides is 3. The third kappa shape index (κ3) is 2.90. The first-order chi connectivity index (χ1) is 9.65. The first kappa shape index (κ1) is 15.4. The molecule has 0 bridgehead atoms. The first-order valence-electron chi connectivity index (χ1n) is 6.22. The normalized spacial score (nSPS) is 22.5. The second-order valence-electron chi connectivity index (χ2n) is 5.12. The molecule has 1 N–H and O–H groups in total. The average molecular weight is 314 g/mol. The minimum absolute atomic E-state index is 0.0465. The number of carbonyl (C=O) groups excluding carboxylic acids is 2. The number of imide groups is 1. The van der Waals surface area contributed by atoms with Crippen LogP contribution in [0.5, 0.6) is 0 Å². The van der Waals surface area contributed by atoms with Crippen LogP contribution in [0.4, 0.5) is 9.18 Å². The monoisotopic (exact) mass is 314 g/mol. The van der Waals surface area contributed by atoms with Gasteiger partial charge in [0.2, 0.25) is 0 Å². The fourth-order valence-electron chi connectivity index (χ4n) is 2.21. The van der Waals surface area contributed by atoms with E-state index in [0.29, 0.717) is 0 Å². The Morgan fingerprint density at radius 3 is 2.48 bits per heavy atom. The molecule has 1 heterocycles. The first-order valence-corrected chi connectivity index (χ1v) is 8.28. The second kappa shape index (κ2) is 5.10. The van der Waals surface area contributed by atoms with Gasteiger partial charge in [0.25, 0.3) is 5.91 Å². The van der Waals surface area contributed by atoms with Crippen molar-refractivity contribution in [3.05, 3.63) is 35.6 Å². The van der Waals surface area contributed by atoms with Crippen molar-refractivity contribution in [3.8, 4) is 0 Å². The Kier molecular flexibility index (Phi) is 3.75. The standard InChI is InChI=1S/C13H15FN2O4S/c1-13(9-5-3-4-6-10(9)14)11(17)16(12(18)15-13)7-8-21(2,19)20/h3-6H,7-8H2,1-2H3,(H,15,18)/t13-/m1/s1. The van der Waals surface area contributed by atoms with Crippen molar-refractivity contribution < 1.29 is 22.4 Å². The van der Waals surface area contributed by atoms with Crippen LogP contribution in [0.25, 0.3) is 0 Å². The van der Waals surface area contributed by atoms with Gasteiger partial charge < -0.3 is 5.32 Å². The maximum atomic E-state index is 13.9. The van der Waals surface area contributed by atoms with Gasteiger partial charge in [0.05, 0.1) is 5.75 Å². The van der Waals surface area contributed by atoms with Crippen LogP contribution in [0.15, 0.2) is 24.3 Å². The molecule has 1 aliphatic heterocycles. The lowest BCUT2D eigenvalue weighted by Crippen LogP contribution is -2.42. The lowest BCUT2D eigenvalue weighted by atomic mass is 9.91. The number of urea groups is 1. The summed E-state index contributed by atoms with van der Waals surface area (Å²) in [5, 5.41) is 2.43. The quantitative estimate of drug-likeness (QED) is 0.827. The summed E-state index contributed by atoms with van der Waals surface area (Å²) < 4.78 is 36.2. The van der Waals surface area contributed by atoms with Gasteiger partial charge in [-0.15, -0.1) is 0 Å². The largest absolute Gasteiger partial charge is 0.325 e. The molecule has 0 radical (unpaired) electrons. The third-order valence-electron chi connectivity index (χ3n) is 3.37. The van der Waals surface area contributed by atoms with Crippen LogP contribution < -0.4 is 5.32 Å². The molecule has 1 fully saturated rings. The molecule has 1 aliphatic rings. The predicted octanol–water partition coefficient (Wildman–Crippen LogP) is 0.637. The Morgan fingerprint density at radius 1 is 1.29 bits per heavy atom. The summed E-state index contributed by atoms with van der Waals surface area (Å²) in [6.07, 6.45) is 1.02. The van der Waals surface area contributed by atoms with E-state index in [2.05, 4.69) is 5.32 Å². The molecule has 1 aromatic carbocycles. The van der Waals surface area contributed by atoms with Crippen LogP contribution in [-0.4, -0.2) is 43.8 Å². The Hall–Kier alpha value is -1.96. The van der Waals surface area contributed by atoms with Crippen molar-refractivity contribution in [2.75, 3.05) is 18.6 Å². The Morgan fingerprint density at radius 2 is 1.90 bits per heavy atom. The summed E-state index contributed by atoms with van der Waals surface area (Å²) in [7, 11) is -3.32. The van der Waals surface area contributed by atoms with E-state index in [9.17, 15) is 22.4 Å². The number of carbonyl (C=O) groups is 2. The summed E-state index contributed by atoms with van der Waals surface area (Å²) in [5.41, 5.74) is -1.48. The number of benzene rings is 1. The van der Waals surface area contributed by atoms with Crippen molar-refractivity contribution >= 4 is 21.8 Å². The molecule has 0 unspecified atom stereocenters. The summed E-state index contributed by atoms with van der Waals surface area (Å²) in [4.78, 5) is 25.1. The molecule has 1 atom stereocenters. The molecule has 1 saturated heterocycles. The number of nitrogens with zero attached hydrogens (tertiary/aromatic N) is 1. The van der Waals surface area contributed by atoms with Gasteiger partial charge in [0.1, 0.15) is 21.2 Å². The molecule has 0 saturated carbocycles. The van der Waals surface area contributed by atoms with Gasteiger partial charge in [-0.2, -0.15) is 0 Å². The Labute approximate surface area is 121 Å². The van der Waals surface area contributed by atoms with Gasteiger partial charge in [-0.1, -0.05) is 18.2 Å². The van der Waals surface area contributed by atoms with Gasteiger partial charge in [0, 0.05) is 18.4 Å². The molecule has 8 heteroatoms. The van der Waals surface area contributed by atoms with Gasteiger partial charge in [0.15, 0.2) is 0 Å². The maximum absolute atomic E-state index is 13.9. The minimum Gasteiger partial charge on any atom is -0.319 e. The van der Waals surface area contributed by atoms with E-state index >= 15 is 0 Å². The molecule has 6 nitrogen and oxygen atoms in total. The van der Waals surface area contributed by atoms with Crippen LogP contribution in [0.3, 0.4) is 0 Å². The third-order valence-corrected chi connectivity index (χ3v) is 4.30. The van der Waals surface area contributed by atoms with E-state index in [1.165, 1.54) is 25.1 Å². The molecular formula is C13H15FN2O4S. The highest BCUT2D eigenvalue weighted by Crippen LogP contribution is 2.30. The van der Waals surface area contributed by atoms with Gasteiger partial charge in [-0.05, 0) is 13.0 Å². The fraction of sp³-hybridized carbons (Fsp3) is 0.385. The van der Waals surface area contributed by atoms with E-state index in [1.807, 2.05) is 0 Å². The summed E-state index contributed by atoms with van der Waals surface area (Å²) in [5.74, 6) is -1.61. The van der Waals surface area contributed by atoms with Crippen LogP contribution in [-0.2, 0) is 20.2 Å². The molecule has 21 heavy (non-hydrogen) atoms. The van der Waals surface area contributed by atoms with E-state index < -0.39 is 33.1 Å². The fourth-order valence-corrected chi connectivity index (χ4v) is 2.72. The SMILES string of the molecule is C[C@]1(c2ccccc2F)NC(=O)N(CCS(C)(=O)=O)C1=O. The number of halogens is 1. The van der Waals surface area contributed by atoms with E-state index in [1.54, 1.807) is 6.07 Å². The number of rotatable bonds is 4. The lowest BCUT2D eigenvalue weighted by molar-refractivity contribution is -0.130. The maximum Gasteiger partial charge on any atom is 0.325 e. The van der Waals surface area contributed by atoms with Crippen LogP contribution >= 0.6 is 0 Å². The minimum atomic E-state index is -3.32. The second-order valence-corrected chi connectivity index (χ2v) is 7.38. The summed E-state index contributed by atoms with van der Waals surface area (Å²) >= 11 is 0. The Balaban J connectivity index is 2.31. The molecule has 114 valence electrons. The van der Waals surface area contributed by atoms with Crippen LogP contribution in [0.2, 0.25) is 0 Å². The predicted molar refractivity (Wildman–Crippen MR) is 73.7 cm³/mol. The zero-order valence-electron chi connectivity index (χ0n) is 11.6. The van der Waals surface area contributed by atoms with Crippen molar-refractivity contribution in [3.63, 3.8) is 0 Å². The Bertz CT molecular complexity index is 704. The highest BCUT2D eigenvalue weighted by molar-refractivity contribution is 7.90. The van der Waals surface area contributed by atoms with Gasteiger partial charge >= 0.3 is 6.03 Å². The van der Waals surface area contributed by atoms with Crippen LogP contribution in [0, 0.1) is 5.82 Å². The summed E-state index contributed by atoms with van der Waals surface area (Å²) in [6.45, 7) is 1.14. The van der Waals surface area contributed by atoms with Gasteiger partial charge in [-0.25, -0.2) is 17.6 Å².